The van der Waals surface area contributed by atoms with Gasteiger partial charge < -0.3 is 10.2 Å². The Kier molecular flexibility index (Phi) is 5.92. The van der Waals surface area contributed by atoms with Crippen molar-refractivity contribution in [1.82, 2.24) is 10.2 Å². The zero-order chi connectivity index (χ0) is 11.5. The van der Waals surface area contributed by atoms with Crippen LogP contribution in [0.1, 0.15) is 16.1 Å². The molecule has 1 aromatic heterocycles. The highest BCUT2D eigenvalue weighted by atomic mass is 79.9. The SMILES string of the molecule is CNCC1CCN(C(=O)c2sccc2Br)C1.Cl. The van der Waals surface area contributed by atoms with E-state index in [9.17, 15) is 4.79 Å². The van der Waals surface area contributed by atoms with Crippen LogP contribution in [0.25, 0.3) is 0 Å². The molecule has 1 aromatic rings. The van der Waals surface area contributed by atoms with E-state index in [1.807, 2.05) is 23.4 Å². The first-order valence-corrected chi connectivity index (χ1v) is 7.06. The predicted molar refractivity (Wildman–Crippen MR) is 77.2 cm³/mol. The molecule has 1 amide bonds. The zero-order valence-electron chi connectivity index (χ0n) is 9.61. The van der Waals surface area contributed by atoms with Gasteiger partial charge in [0.15, 0.2) is 0 Å². The van der Waals surface area contributed by atoms with Crippen LogP contribution in [0.2, 0.25) is 0 Å². The fourth-order valence-electron chi connectivity index (χ4n) is 2.06. The summed E-state index contributed by atoms with van der Waals surface area (Å²) in [6.07, 6.45) is 1.11. The third kappa shape index (κ3) is 3.44. The summed E-state index contributed by atoms with van der Waals surface area (Å²) < 4.78 is 0.916. The summed E-state index contributed by atoms with van der Waals surface area (Å²) >= 11 is 4.92. The second-order valence-corrected chi connectivity index (χ2v) is 5.83. The lowest BCUT2D eigenvalue weighted by Crippen LogP contribution is -2.29. The lowest BCUT2D eigenvalue weighted by Gasteiger charge is -2.15. The third-order valence-corrected chi connectivity index (χ3v) is 4.70. The fraction of sp³-hybridized carbons (Fsp3) is 0.545. The molecule has 1 N–H and O–H groups in total. The zero-order valence-corrected chi connectivity index (χ0v) is 12.8. The number of nitrogens with one attached hydrogen (secondary N) is 1. The molecule has 1 aliphatic heterocycles. The largest absolute Gasteiger partial charge is 0.338 e. The Morgan fingerprint density at radius 1 is 1.71 bits per heavy atom. The highest BCUT2D eigenvalue weighted by molar-refractivity contribution is 9.10. The van der Waals surface area contributed by atoms with E-state index in [0.29, 0.717) is 5.92 Å². The van der Waals surface area contributed by atoms with E-state index in [0.717, 1.165) is 35.4 Å². The van der Waals surface area contributed by atoms with Crippen molar-refractivity contribution in [2.75, 3.05) is 26.7 Å². The van der Waals surface area contributed by atoms with Gasteiger partial charge in [-0.15, -0.1) is 23.7 Å². The molecular formula is C11H16BrClN2OS. The van der Waals surface area contributed by atoms with Gasteiger partial charge >= 0.3 is 0 Å². The number of amides is 1. The number of halogens is 2. The van der Waals surface area contributed by atoms with Crippen LogP contribution in [0.5, 0.6) is 0 Å². The summed E-state index contributed by atoms with van der Waals surface area (Å²) in [5.41, 5.74) is 0. The summed E-state index contributed by atoms with van der Waals surface area (Å²) in [6, 6.07) is 1.93. The van der Waals surface area contributed by atoms with Gasteiger partial charge in [-0.1, -0.05) is 0 Å². The van der Waals surface area contributed by atoms with Crippen LogP contribution < -0.4 is 5.32 Å². The molecule has 2 heterocycles. The number of carbonyl (C=O) groups excluding carboxylic acids is 1. The van der Waals surface area contributed by atoms with Gasteiger partial charge in [0.05, 0.1) is 0 Å². The van der Waals surface area contributed by atoms with E-state index in [1.165, 1.54) is 11.3 Å². The first-order chi connectivity index (χ1) is 7.72. The summed E-state index contributed by atoms with van der Waals surface area (Å²) in [4.78, 5) is 14.9. The molecule has 17 heavy (non-hydrogen) atoms. The molecule has 1 aliphatic rings. The number of thiophene rings is 1. The van der Waals surface area contributed by atoms with Gasteiger partial charge in [0.1, 0.15) is 4.88 Å². The van der Waals surface area contributed by atoms with Crippen molar-refractivity contribution in [3.63, 3.8) is 0 Å². The number of likely N-dealkylation sites (tertiary alicyclic amines) is 1. The number of carbonyl (C=O) groups is 1. The first-order valence-electron chi connectivity index (χ1n) is 5.39. The molecule has 0 aromatic carbocycles. The quantitative estimate of drug-likeness (QED) is 0.918. The predicted octanol–water partition coefficient (Wildman–Crippen LogP) is 2.61. The molecule has 6 heteroatoms. The molecule has 1 unspecified atom stereocenters. The lowest BCUT2D eigenvalue weighted by atomic mass is 10.1. The Bertz CT molecular complexity index is 385. The molecule has 1 saturated heterocycles. The monoisotopic (exact) mass is 338 g/mol. The molecule has 0 spiro atoms. The second kappa shape index (κ2) is 6.73. The fourth-order valence-corrected chi connectivity index (χ4v) is 3.57. The van der Waals surface area contributed by atoms with Crippen molar-refractivity contribution >= 4 is 45.6 Å². The van der Waals surface area contributed by atoms with Crippen LogP contribution in [-0.2, 0) is 0 Å². The van der Waals surface area contributed by atoms with E-state index < -0.39 is 0 Å². The smallest absolute Gasteiger partial charge is 0.265 e. The molecule has 1 atom stereocenters. The average molecular weight is 340 g/mol. The van der Waals surface area contributed by atoms with Crippen molar-refractivity contribution in [3.05, 3.63) is 20.8 Å². The van der Waals surface area contributed by atoms with Crippen molar-refractivity contribution in [1.29, 1.82) is 0 Å². The summed E-state index contributed by atoms with van der Waals surface area (Å²) in [7, 11) is 1.96. The summed E-state index contributed by atoms with van der Waals surface area (Å²) in [6.45, 7) is 2.76. The van der Waals surface area contributed by atoms with Gasteiger partial charge in [-0.05, 0) is 53.3 Å². The van der Waals surface area contributed by atoms with Gasteiger partial charge in [0.2, 0.25) is 0 Å². The van der Waals surface area contributed by atoms with E-state index in [2.05, 4.69) is 21.2 Å². The summed E-state index contributed by atoms with van der Waals surface area (Å²) in [5.74, 6) is 0.771. The molecule has 3 nitrogen and oxygen atoms in total. The van der Waals surface area contributed by atoms with E-state index in [4.69, 9.17) is 0 Å². The highest BCUT2D eigenvalue weighted by Crippen LogP contribution is 2.26. The van der Waals surface area contributed by atoms with Gasteiger partial charge in [-0.2, -0.15) is 0 Å². The van der Waals surface area contributed by atoms with Crippen molar-refractivity contribution in [3.8, 4) is 0 Å². The van der Waals surface area contributed by atoms with Crippen LogP contribution >= 0.6 is 39.7 Å². The van der Waals surface area contributed by atoms with Crippen LogP contribution in [0, 0.1) is 5.92 Å². The van der Waals surface area contributed by atoms with E-state index in [1.54, 1.807) is 0 Å². The van der Waals surface area contributed by atoms with Crippen molar-refractivity contribution < 1.29 is 4.79 Å². The van der Waals surface area contributed by atoms with Crippen LogP contribution in [0.4, 0.5) is 0 Å². The Hall–Kier alpha value is -0.100. The maximum Gasteiger partial charge on any atom is 0.265 e. The number of hydrogen-bond donors (Lipinski definition) is 1. The van der Waals surface area contributed by atoms with E-state index in [-0.39, 0.29) is 18.3 Å². The van der Waals surface area contributed by atoms with Gasteiger partial charge in [-0.3, -0.25) is 4.79 Å². The first kappa shape index (κ1) is 15.0. The molecule has 96 valence electrons. The van der Waals surface area contributed by atoms with Crippen LogP contribution in [-0.4, -0.2) is 37.5 Å². The topological polar surface area (TPSA) is 32.3 Å². The number of rotatable bonds is 3. The van der Waals surface area contributed by atoms with Crippen molar-refractivity contribution in [2.24, 2.45) is 5.92 Å². The third-order valence-electron chi connectivity index (χ3n) is 2.88. The maximum absolute atomic E-state index is 12.2. The molecular weight excluding hydrogens is 324 g/mol. The number of hydrogen-bond acceptors (Lipinski definition) is 3. The Morgan fingerprint density at radius 2 is 2.47 bits per heavy atom. The highest BCUT2D eigenvalue weighted by Gasteiger charge is 2.27. The molecule has 1 fully saturated rings. The molecule has 2 rings (SSSR count). The normalized spacial score (nSPS) is 19.2. The average Bonchev–Trinajstić information content (AvgIpc) is 2.87. The minimum atomic E-state index is 0. The van der Waals surface area contributed by atoms with E-state index >= 15 is 0 Å². The Morgan fingerprint density at radius 3 is 3.06 bits per heavy atom. The van der Waals surface area contributed by atoms with Gasteiger partial charge in [0.25, 0.3) is 5.91 Å². The number of nitrogens with zero attached hydrogens (tertiary/aromatic N) is 1. The van der Waals surface area contributed by atoms with Gasteiger partial charge in [0, 0.05) is 17.6 Å². The minimum Gasteiger partial charge on any atom is -0.338 e. The van der Waals surface area contributed by atoms with Crippen LogP contribution in [0.15, 0.2) is 15.9 Å². The second-order valence-electron chi connectivity index (χ2n) is 4.06. The Balaban J connectivity index is 0.00000144. The minimum absolute atomic E-state index is 0. The summed E-state index contributed by atoms with van der Waals surface area (Å²) in [5, 5.41) is 5.11. The maximum atomic E-state index is 12.2. The Labute approximate surface area is 120 Å². The van der Waals surface area contributed by atoms with Crippen molar-refractivity contribution in [2.45, 2.75) is 6.42 Å². The molecule has 0 radical (unpaired) electrons. The van der Waals surface area contributed by atoms with Gasteiger partial charge in [-0.25, -0.2) is 0 Å². The molecule has 0 bridgehead atoms. The van der Waals surface area contributed by atoms with Crippen LogP contribution in [0.3, 0.4) is 0 Å². The molecule has 0 aliphatic carbocycles. The molecule has 0 saturated carbocycles. The standard InChI is InChI=1S/C11H15BrN2OS.ClH/c1-13-6-8-2-4-14(7-8)11(15)10-9(12)3-5-16-10;/h3,5,8,13H,2,4,6-7H2,1H3;1H. The lowest BCUT2D eigenvalue weighted by molar-refractivity contribution is 0.0791.